The van der Waals surface area contributed by atoms with Crippen LogP contribution in [0.5, 0.6) is 0 Å². The molecule has 1 aliphatic carbocycles. The van der Waals surface area contributed by atoms with E-state index in [2.05, 4.69) is 0 Å². The third-order valence-electron chi connectivity index (χ3n) is 3.59. The first-order chi connectivity index (χ1) is 8.00. The van der Waals surface area contributed by atoms with Crippen LogP contribution in [0.15, 0.2) is 16.9 Å². The van der Waals surface area contributed by atoms with Gasteiger partial charge in [-0.3, -0.25) is 9.59 Å². The summed E-state index contributed by atoms with van der Waals surface area (Å²) in [4.78, 5) is 22.6. The summed E-state index contributed by atoms with van der Waals surface area (Å²) >= 11 is 0. The highest BCUT2D eigenvalue weighted by molar-refractivity contribution is 5.71. The number of pyridine rings is 1. The molecule has 2 rings (SSSR count). The molecule has 92 valence electrons. The Labute approximate surface area is 99.9 Å². The van der Waals surface area contributed by atoms with Crippen molar-refractivity contribution in [3.8, 4) is 0 Å². The lowest BCUT2D eigenvalue weighted by atomic mass is 10.0. The van der Waals surface area contributed by atoms with E-state index in [0.717, 1.165) is 30.7 Å². The topological polar surface area (TPSA) is 59.3 Å². The fourth-order valence-corrected chi connectivity index (χ4v) is 2.93. The van der Waals surface area contributed by atoms with Crippen molar-refractivity contribution in [2.75, 3.05) is 0 Å². The summed E-state index contributed by atoms with van der Waals surface area (Å²) in [5, 5.41) is 9.21. The zero-order valence-corrected chi connectivity index (χ0v) is 10.1. The molecule has 4 heteroatoms. The van der Waals surface area contributed by atoms with Crippen LogP contribution < -0.4 is 5.43 Å². The molecule has 0 amide bonds. The van der Waals surface area contributed by atoms with E-state index in [-0.39, 0.29) is 17.4 Å². The van der Waals surface area contributed by atoms with Gasteiger partial charge in [-0.25, -0.2) is 0 Å². The summed E-state index contributed by atoms with van der Waals surface area (Å²) < 4.78 is 2.01. The van der Waals surface area contributed by atoms with E-state index in [4.69, 9.17) is 0 Å². The van der Waals surface area contributed by atoms with Crippen LogP contribution in [-0.2, 0) is 4.79 Å². The van der Waals surface area contributed by atoms with Gasteiger partial charge in [-0.2, -0.15) is 0 Å². The maximum atomic E-state index is 11.4. The molecule has 0 spiro atoms. The Balaban J connectivity index is 2.47. The van der Waals surface area contributed by atoms with Crippen molar-refractivity contribution >= 4 is 5.97 Å². The molecule has 0 radical (unpaired) electrons. The molecule has 17 heavy (non-hydrogen) atoms. The van der Waals surface area contributed by atoms with Crippen LogP contribution in [0, 0.1) is 19.8 Å². The van der Waals surface area contributed by atoms with Crippen LogP contribution in [0.25, 0.3) is 0 Å². The minimum atomic E-state index is -0.731. The largest absolute Gasteiger partial charge is 0.481 e. The quantitative estimate of drug-likeness (QED) is 0.851. The highest BCUT2D eigenvalue weighted by Crippen LogP contribution is 2.37. The first-order valence-corrected chi connectivity index (χ1v) is 5.93. The second kappa shape index (κ2) is 4.35. The number of carbonyl (C=O) groups is 1. The summed E-state index contributed by atoms with van der Waals surface area (Å²) in [5.41, 5.74) is 1.70. The van der Waals surface area contributed by atoms with E-state index in [1.54, 1.807) is 12.1 Å². The molecule has 1 aliphatic rings. The summed E-state index contributed by atoms with van der Waals surface area (Å²) in [5.74, 6) is -1.06. The minimum Gasteiger partial charge on any atom is -0.481 e. The molecule has 2 atom stereocenters. The first-order valence-electron chi connectivity index (χ1n) is 5.93. The van der Waals surface area contributed by atoms with Gasteiger partial charge >= 0.3 is 5.97 Å². The fourth-order valence-electron chi connectivity index (χ4n) is 2.93. The summed E-state index contributed by atoms with van der Waals surface area (Å²) in [6.07, 6.45) is 2.54. The summed E-state index contributed by atoms with van der Waals surface area (Å²) in [6.45, 7) is 3.73. The second-order valence-corrected chi connectivity index (χ2v) is 4.79. The van der Waals surface area contributed by atoms with Crippen LogP contribution in [0.1, 0.15) is 36.7 Å². The number of carboxylic acid groups (broad SMARTS) is 1. The van der Waals surface area contributed by atoms with Gasteiger partial charge in [0.05, 0.1) is 5.92 Å². The summed E-state index contributed by atoms with van der Waals surface area (Å²) in [6, 6.07) is 3.14. The molecule has 1 saturated carbocycles. The minimum absolute atomic E-state index is 0.00639. The van der Waals surface area contributed by atoms with Gasteiger partial charge in [0.25, 0.3) is 0 Å². The Kier molecular flexibility index (Phi) is 3.05. The van der Waals surface area contributed by atoms with Gasteiger partial charge < -0.3 is 9.67 Å². The van der Waals surface area contributed by atoms with Crippen molar-refractivity contribution in [3.63, 3.8) is 0 Å². The Morgan fingerprint density at radius 1 is 1.29 bits per heavy atom. The first kappa shape index (κ1) is 11.9. The highest BCUT2D eigenvalue weighted by atomic mass is 16.4. The van der Waals surface area contributed by atoms with E-state index in [0.29, 0.717) is 0 Å². The van der Waals surface area contributed by atoms with Gasteiger partial charge in [-0.15, -0.1) is 0 Å². The molecule has 1 aromatic rings. The fraction of sp³-hybridized carbons (Fsp3) is 0.538. The predicted octanol–water partition coefficient (Wildman–Crippen LogP) is 1.89. The maximum absolute atomic E-state index is 11.4. The van der Waals surface area contributed by atoms with Gasteiger partial charge in [0.15, 0.2) is 5.43 Å². The van der Waals surface area contributed by atoms with Gasteiger partial charge in [-0.1, -0.05) is 6.42 Å². The molecule has 0 aromatic carbocycles. The number of carboxylic acids is 1. The normalized spacial score (nSPS) is 23.9. The molecule has 0 saturated heterocycles. The third kappa shape index (κ3) is 2.12. The number of hydrogen-bond acceptors (Lipinski definition) is 2. The molecule has 1 heterocycles. The number of rotatable bonds is 2. The van der Waals surface area contributed by atoms with Crippen molar-refractivity contribution in [2.24, 2.45) is 5.92 Å². The number of aliphatic carboxylic acids is 1. The van der Waals surface area contributed by atoms with Crippen LogP contribution >= 0.6 is 0 Å². The predicted molar refractivity (Wildman–Crippen MR) is 64.2 cm³/mol. The zero-order chi connectivity index (χ0) is 12.6. The zero-order valence-electron chi connectivity index (χ0n) is 10.1. The Morgan fingerprint density at radius 3 is 2.41 bits per heavy atom. The summed E-state index contributed by atoms with van der Waals surface area (Å²) in [7, 11) is 0. The number of nitrogens with zero attached hydrogens (tertiary/aromatic N) is 1. The molecule has 1 fully saturated rings. The van der Waals surface area contributed by atoms with Gasteiger partial charge in [0, 0.05) is 29.6 Å². The SMILES string of the molecule is Cc1cc(=O)cc(C)n1C1CCCC1C(=O)O. The van der Waals surface area contributed by atoms with Gasteiger partial charge in [0.2, 0.25) is 0 Å². The van der Waals surface area contributed by atoms with Crippen molar-refractivity contribution in [2.45, 2.75) is 39.2 Å². The Hall–Kier alpha value is -1.58. The Bertz CT molecular complexity index is 478. The van der Waals surface area contributed by atoms with Crippen LogP contribution in [0.3, 0.4) is 0 Å². The number of aryl methyl sites for hydroxylation is 2. The van der Waals surface area contributed by atoms with Gasteiger partial charge in [0.1, 0.15) is 0 Å². The lowest BCUT2D eigenvalue weighted by Crippen LogP contribution is -2.25. The number of aromatic nitrogens is 1. The van der Waals surface area contributed by atoms with Crippen molar-refractivity contribution < 1.29 is 9.90 Å². The van der Waals surface area contributed by atoms with Gasteiger partial charge in [-0.05, 0) is 26.7 Å². The molecular formula is C13H17NO3. The van der Waals surface area contributed by atoms with E-state index in [1.807, 2.05) is 18.4 Å². The van der Waals surface area contributed by atoms with Crippen molar-refractivity contribution in [1.29, 1.82) is 0 Å². The third-order valence-corrected chi connectivity index (χ3v) is 3.59. The molecule has 0 aliphatic heterocycles. The second-order valence-electron chi connectivity index (χ2n) is 4.79. The van der Waals surface area contributed by atoms with Crippen molar-refractivity contribution in [3.05, 3.63) is 33.7 Å². The van der Waals surface area contributed by atoms with E-state index < -0.39 is 5.97 Å². The smallest absolute Gasteiger partial charge is 0.308 e. The lowest BCUT2D eigenvalue weighted by molar-refractivity contribution is -0.142. The van der Waals surface area contributed by atoms with Crippen molar-refractivity contribution in [1.82, 2.24) is 4.57 Å². The average molecular weight is 235 g/mol. The average Bonchev–Trinajstić information content (AvgIpc) is 2.64. The molecular weight excluding hydrogens is 218 g/mol. The van der Waals surface area contributed by atoms with E-state index in [9.17, 15) is 14.7 Å². The molecule has 1 N–H and O–H groups in total. The van der Waals surface area contributed by atoms with E-state index in [1.165, 1.54) is 0 Å². The molecule has 1 aromatic heterocycles. The van der Waals surface area contributed by atoms with Crippen LogP contribution in [0.2, 0.25) is 0 Å². The van der Waals surface area contributed by atoms with E-state index >= 15 is 0 Å². The molecule has 4 nitrogen and oxygen atoms in total. The van der Waals surface area contributed by atoms with Crippen LogP contribution in [0.4, 0.5) is 0 Å². The maximum Gasteiger partial charge on any atom is 0.308 e. The molecule has 2 unspecified atom stereocenters. The standard InChI is InChI=1S/C13H17NO3/c1-8-6-10(15)7-9(2)14(8)12-5-3-4-11(12)13(16)17/h6-7,11-12H,3-5H2,1-2H3,(H,16,17). The number of hydrogen-bond donors (Lipinski definition) is 1. The van der Waals surface area contributed by atoms with Crippen LogP contribution in [-0.4, -0.2) is 15.6 Å². The highest BCUT2D eigenvalue weighted by Gasteiger charge is 2.34. The lowest BCUT2D eigenvalue weighted by Gasteiger charge is -2.24. The molecule has 0 bridgehead atoms. The Morgan fingerprint density at radius 2 is 1.88 bits per heavy atom. The monoisotopic (exact) mass is 235 g/mol.